The van der Waals surface area contributed by atoms with Crippen molar-refractivity contribution in [3.63, 3.8) is 0 Å². The summed E-state index contributed by atoms with van der Waals surface area (Å²) in [6, 6.07) is 17.2. The number of carbonyl (C=O) groups is 1. The molecule has 0 saturated carbocycles. The number of ketones is 1. The first kappa shape index (κ1) is 21.1. The molecular weight excluding hydrogens is 416 g/mol. The van der Waals surface area contributed by atoms with Crippen LogP contribution in [0.25, 0.3) is 5.69 Å². The van der Waals surface area contributed by atoms with Gasteiger partial charge in [0.15, 0.2) is 16.8 Å². The van der Waals surface area contributed by atoms with Crippen LogP contribution in [0.1, 0.15) is 42.4 Å². The highest BCUT2D eigenvalue weighted by Crippen LogP contribution is 2.29. The van der Waals surface area contributed by atoms with Crippen LogP contribution >= 0.6 is 23.4 Å². The zero-order valence-electron chi connectivity index (χ0n) is 17.0. The van der Waals surface area contributed by atoms with Gasteiger partial charge in [0.1, 0.15) is 0 Å². The summed E-state index contributed by atoms with van der Waals surface area (Å²) in [6.07, 6.45) is 3.75. The summed E-state index contributed by atoms with van der Waals surface area (Å²) < 4.78 is 2.08. The Morgan fingerprint density at radius 3 is 2.57 bits per heavy atom. The van der Waals surface area contributed by atoms with Gasteiger partial charge in [-0.1, -0.05) is 60.1 Å². The van der Waals surface area contributed by atoms with E-state index in [9.17, 15) is 4.79 Å². The molecule has 7 heteroatoms. The van der Waals surface area contributed by atoms with E-state index in [1.165, 1.54) is 31.0 Å². The molecule has 0 bridgehead atoms. The highest BCUT2D eigenvalue weighted by Gasteiger charge is 2.23. The van der Waals surface area contributed by atoms with E-state index in [2.05, 4.69) is 31.8 Å². The Morgan fingerprint density at radius 1 is 1.07 bits per heavy atom. The van der Waals surface area contributed by atoms with Crippen molar-refractivity contribution in [2.24, 2.45) is 0 Å². The van der Waals surface area contributed by atoms with Crippen LogP contribution in [-0.2, 0) is 6.54 Å². The standard InChI is InChI=1S/C23H25ClN4OS/c1-17(22(29)18-9-8-10-19(24)15-18)30-23-26-25-21(16-27-13-6-3-7-14-27)28(23)20-11-4-2-5-12-20/h2,4-5,8-12,15,17H,3,6-7,13-14,16H2,1H3. The lowest BCUT2D eigenvalue weighted by molar-refractivity contribution is 0.0994. The van der Waals surface area contributed by atoms with Crippen molar-refractivity contribution in [2.45, 2.75) is 43.1 Å². The maximum Gasteiger partial charge on any atom is 0.196 e. The van der Waals surface area contributed by atoms with Crippen molar-refractivity contribution >= 4 is 29.1 Å². The van der Waals surface area contributed by atoms with E-state index < -0.39 is 0 Å². The van der Waals surface area contributed by atoms with Crippen molar-refractivity contribution in [1.29, 1.82) is 0 Å². The molecule has 1 unspecified atom stereocenters. The summed E-state index contributed by atoms with van der Waals surface area (Å²) in [6.45, 7) is 4.85. The second kappa shape index (κ2) is 9.77. The summed E-state index contributed by atoms with van der Waals surface area (Å²) in [5.74, 6) is 0.940. The minimum Gasteiger partial charge on any atom is -0.296 e. The maximum absolute atomic E-state index is 12.9. The van der Waals surface area contributed by atoms with Gasteiger partial charge in [0.25, 0.3) is 0 Å². The lowest BCUT2D eigenvalue weighted by Gasteiger charge is -2.26. The molecule has 0 amide bonds. The normalized spacial score (nSPS) is 15.8. The lowest BCUT2D eigenvalue weighted by Crippen LogP contribution is -2.30. The number of nitrogens with zero attached hydrogens (tertiary/aromatic N) is 4. The van der Waals surface area contributed by atoms with Gasteiger partial charge in [-0.05, 0) is 57.1 Å². The van der Waals surface area contributed by atoms with E-state index in [0.717, 1.165) is 36.3 Å². The quantitative estimate of drug-likeness (QED) is 0.370. The van der Waals surface area contributed by atoms with Crippen LogP contribution in [0.5, 0.6) is 0 Å². The molecule has 1 aliphatic heterocycles. The summed E-state index contributed by atoms with van der Waals surface area (Å²) in [7, 11) is 0. The fourth-order valence-electron chi connectivity index (χ4n) is 3.72. The minimum absolute atomic E-state index is 0.0303. The van der Waals surface area contributed by atoms with Crippen LogP contribution in [0.4, 0.5) is 0 Å². The molecule has 0 N–H and O–H groups in total. The largest absolute Gasteiger partial charge is 0.296 e. The molecule has 156 valence electrons. The van der Waals surface area contributed by atoms with Crippen LogP contribution < -0.4 is 0 Å². The van der Waals surface area contributed by atoms with Gasteiger partial charge < -0.3 is 0 Å². The van der Waals surface area contributed by atoms with Gasteiger partial charge in [-0.25, -0.2) is 0 Å². The third kappa shape index (κ3) is 4.94. The molecule has 1 fully saturated rings. The van der Waals surface area contributed by atoms with Crippen LogP contribution in [-0.4, -0.2) is 43.8 Å². The molecule has 0 radical (unpaired) electrons. The molecule has 2 aromatic carbocycles. The first-order valence-corrected chi connectivity index (χ1v) is 11.6. The molecule has 2 heterocycles. The van der Waals surface area contributed by atoms with E-state index in [4.69, 9.17) is 11.6 Å². The van der Waals surface area contributed by atoms with Crippen LogP contribution in [0, 0.1) is 0 Å². The second-order valence-corrected chi connectivity index (χ2v) is 9.29. The van der Waals surface area contributed by atoms with Crippen molar-refractivity contribution in [2.75, 3.05) is 13.1 Å². The molecule has 1 aromatic heterocycles. The number of para-hydroxylation sites is 1. The summed E-state index contributed by atoms with van der Waals surface area (Å²) >= 11 is 7.50. The Labute approximate surface area is 186 Å². The number of benzene rings is 2. The van der Waals surface area contributed by atoms with E-state index in [1.807, 2.05) is 25.1 Å². The van der Waals surface area contributed by atoms with Gasteiger partial charge in [-0.3, -0.25) is 14.3 Å². The number of rotatable bonds is 7. The monoisotopic (exact) mass is 440 g/mol. The Morgan fingerprint density at radius 2 is 1.83 bits per heavy atom. The topological polar surface area (TPSA) is 51.0 Å². The van der Waals surface area contributed by atoms with Crippen LogP contribution in [0.3, 0.4) is 0 Å². The molecule has 1 saturated heterocycles. The number of carbonyl (C=O) groups excluding carboxylic acids is 1. The van der Waals surface area contributed by atoms with E-state index >= 15 is 0 Å². The van der Waals surface area contributed by atoms with E-state index in [1.54, 1.807) is 24.3 Å². The van der Waals surface area contributed by atoms with Crippen molar-refractivity contribution < 1.29 is 4.79 Å². The number of hydrogen-bond acceptors (Lipinski definition) is 5. The summed E-state index contributed by atoms with van der Waals surface area (Å²) in [5.41, 5.74) is 1.63. The van der Waals surface area contributed by atoms with E-state index in [0.29, 0.717) is 10.6 Å². The van der Waals surface area contributed by atoms with Gasteiger partial charge in [-0.2, -0.15) is 0 Å². The molecule has 1 atom stereocenters. The predicted molar refractivity (Wildman–Crippen MR) is 122 cm³/mol. The maximum atomic E-state index is 12.9. The summed E-state index contributed by atoms with van der Waals surface area (Å²) in [5, 5.41) is 9.96. The van der Waals surface area contributed by atoms with Gasteiger partial charge in [0.2, 0.25) is 0 Å². The lowest BCUT2D eigenvalue weighted by atomic mass is 10.1. The molecule has 30 heavy (non-hydrogen) atoms. The molecule has 5 nitrogen and oxygen atoms in total. The fourth-order valence-corrected chi connectivity index (χ4v) is 4.87. The molecule has 3 aromatic rings. The number of Topliss-reactive ketones (excluding diaryl/α,β-unsaturated/α-hetero) is 1. The molecular formula is C23H25ClN4OS. The molecule has 0 spiro atoms. The van der Waals surface area contributed by atoms with Crippen LogP contribution in [0.15, 0.2) is 59.8 Å². The molecule has 4 rings (SSSR count). The van der Waals surface area contributed by atoms with Crippen molar-refractivity contribution in [3.05, 3.63) is 71.0 Å². The fraction of sp³-hybridized carbons (Fsp3) is 0.348. The average molecular weight is 441 g/mol. The average Bonchev–Trinajstić information content (AvgIpc) is 3.16. The van der Waals surface area contributed by atoms with Gasteiger partial charge in [0.05, 0.1) is 11.8 Å². The van der Waals surface area contributed by atoms with Gasteiger partial charge >= 0.3 is 0 Å². The predicted octanol–water partition coefficient (Wildman–Crippen LogP) is 5.27. The highest BCUT2D eigenvalue weighted by atomic mass is 35.5. The minimum atomic E-state index is -0.307. The first-order chi connectivity index (χ1) is 14.6. The Hall–Kier alpha value is -2.15. The second-order valence-electron chi connectivity index (χ2n) is 7.54. The number of likely N-dealkylation sites (tertiary alicyclic amines) is 1. The number of aromatic nitrogens is 3. The van der Waals surface area contributed by atoms with E-state index in [-0.39, 0.29) is 11.0 Å². The SMILES string of the molecule is CC(Sc1nnc(CN2CCCCC2)n1-c1ccccc1)C(=O)c1cccc(Cl)c1. The number of thioether (sulfide) groups is 1. The molecule has 1 aliphatic rings. The number of hydrogen-bond donors (Lipinski definition) is 0. The van der Waals surface area contributed by atoms with Crippen molar-refractivity contribution in [1.82, 2.24) is 19.7 Å². The third-order valence-electron chi connectivity index (χ3n) is 5.29. The third-order valence-corrected chi connectivity index (χ3v) is 6.57. The van der Waals surface area contributed by atoms with Crippen molar-refractivity contribution in [3.8, 4) is 5.69 Å². The first-order valence-electron chi connectivity index (χ1n) is 10.3. The number of piperidine rings is 1. The molecule has 0 aliphatic carbocycles. The Balaban J connectivity index is 1.60. The van der Waals surface area contributed by atoms with Crippen LogP contribution in [0.2, 0.25) is 5.02 Å². The zero-order chi connectivity index (χ0) is 20.9. The van der Waals surface area contributed by atoms with Gasteiger partial charge in [-0.15, -0.1) is 10.2 Å². The summed E-state index contributed by atoms with van der Waals surface area (Å²) in [4.78, 5) is 15.4. The Kier molecular flexibility index (Phi) is 6.87. The Bertz CT molecular complexity index is 1000. The highest BCUT2D eigenvalue weighted by molar-refractivity contribution is 8.00. The smallest absolute Gasteiger partial charge is 0.196 e. The number of halogens is 1. The zero-order valence-corrected chi connectivity index (χ0v) is 18.6. The van der Waals surface area contributed by atoms with Gasteiger partial charge in [0, 0.05) is 16.3 Å².